The first-order chi connectivity index (χ1) is 8.99. The molecule has 0 saturated carbocycles. The molecule has 0 amide bonds. The average Bonchev–Trinajstić information content (AvgIpc) is 2.82. The Labute approximate surface area is 120 Å². The van der Waals surface area contributed by atoms with Crippen molar-refractivity contribution in [3.63, 3.8) is 0 Å². The molecule has 19 heavy (non-hydrogen) atoms. The molecule has 2 aromatic heterocycles. The number of rotatable bonds is 1. The fraction of sp³-hybridized carbons (Fsp3) is 0.214. The minimum atomic E-state index is 0.693. The summed E-state index contributed by atoms with van der Waals surface area (Å²) in [7, 11) is 0. The van der Waals surface area contributed by atoms with E-state index >= 15 is 0 Å². The van der Waals surface area contributed by atoms with Gasteiger partial charge in [-0.25, -0.2) is 4.98 Å². The van der Waals surface area contributed by atoms with Crippen LogP contribution in [0.15, 0.2) is 18.2 Å². The Kier molecular flexibility index (Phi) is 2.80. The van der Waals surface area contributed by atoms with Gasteiger partial charge in [-0.2, -0.15) is 0 Å². The number of anilines is 1. The lowest BCUT2D eigenvalue weighted by Gasteiger charge is -2.03. The molecule has 1 aromatic carbocycles. The predicted octanol–water partition coefficient (Wildman–Crippen LogP) is 4.22. The van der Waals surface area contributed by atoms with E-state index in [-0.39, 0.29) is 0 Å². The highest BCUT2D eigenvalue weighted by Gasteiger charge is 2.16. The molecule has 3 rings (SSSR count). The second-order valence-electron chi connectivity index (χ2n) is 4.67. The second kappa shape index (κ2) is 4.25. The maximum atomic E-state index is 6.25. The summed E-state index contributed by atoms with van der Waals surface area (Å²) in [6.07, 6.45) is 0. The molecule has 0 radical (unpaired) electrons. The second-order valence-corrected chi connectivity index (χ2v) is 6.26. The molecule has 5 heteroatoms. The van der Waals surface area contributed by atoms with Gasteiger partial charge in [-0.05, 0) is 38.5 Å². The highest BCUT2D eigenvalue weighted by atomic mass is 35.5. The average molecular weight is 292 g/mol. The van der Waals surface area contributed by atoms with Crippen molar-refractivity contribution in [2.24, 2.45) is 0 Å². The minimum absolute atomic E-state index is 0.693. The zero-order valence-electron chi connectivity index (χ0n) is 11.0. The van der Waals surface area contributed by atoms with Gasteiger partial charge in [0.2, 0.25) is 0 Å². The smallest absolute Gasteiger partial charge is 0.196 e. The Morgan fingerprint density at radius 1 is 1.26 bits per heavy atom. The Bertz CT molecular complexity index is 786. The van der Waals surface area contributed by atoms with Crippen LogP contribution in [0.1, 0.15) is 16.1 Å². The maximum absolute atomic E-state index is 6.25. The minimum Gasteiger partial charge on any atom is -0.383 e. The van der Waals surface area contributed by atoms with Gasteiger partial charge in [0.05, 0.1) is 0 Å². The highest BCUT2D eigenvalue weighted by Crippen LogP contribution is 2.33. The molecule has 0 aliphatic rings. The van der Waals surface area contributed by atoms with Gasteiger partial charge in [-0.3, -0.25) is 4.40 Å². The van der Waals surface area contributed by atoms with Crippen LogP contribution in [-0.4, -0.2) is 9.38 Å². The van der Waals surface area contributed by atoms with Gasteiger partial charge in [-0.1, -0.05) is 17.7 Å². The van der Waals surface area contributed by atoms with Crippen LogP contribution in [0.25, 0.3) is 16.2 Å². The number of halogens is 1. The van der Waals surface area contributed by atoms with E-state index < -0.39 is 0 Å². The number of nitrogens with two attached hydrogens (primary N) is 1. The largest absolute Gasteiger partial charge is 0.383 e. The lowest BCUT2D eigenvalue weighted by atomic mass is 10.1. The van der Waals surface area contributed by atoms with Crippen molar-refractivity contribution in [2.75, 3.05) is 5.73 Å². The summed E-state index contributed by atoms with van der Waals surface area (Å²) in [6.45, 7) is 6.13. The molecule has 98 valence electrons. The molecule has 0 spiro atoms. The first-order valence-corrected chi connectivity index (χ1v) is 7.19. The molecule has 2 heterocycles. The number of benzene rings is 1. The van der Waals surface area contributed by atoms with Crippen molar-refractivity contribution in [3.05, 3.63) is 39.4 Å². The van der Waals surface area contributed by atoms with Crippen LogP contribution in [0.2, 0.25) is 5.02 Å². The molecular formula is C14H14ClN3S. The Hall–Kier alpha value is -1.52. The van der Waals surface area contributed by atoms with E-state index in [0.29, 0.717) is 5.82 Å². The third-order valence-electron chi connectivity index (χ3n) is 3.40. The first-order valence-electron chi connectivity index (χ1n) is 5.99. The number of aryl methyl sites for hydroxylation is 3. The molecule has 0 fully saturated rings. The van der Waals surface area contributed by atoms with Crippen LogP contribution in [0.3, 0.4) is 0 Å². The van der Waals surface area contributed by atoms with Crippen LogP contribution in [0.4, 0.5) is 5.82 Å². The maximum Gasteiger partial charge on any atom is 0.196 e. The quantitative estimate of drug-likeness (QED) is 0.729. The molecule has 0 saturated heterocycles. The number of nitrogens with zero attached hydrogens (tertiary/aromatic N) is 2. The van der Waals surface area contributed by atoms with Gasteiger partial charge in [-0.15, -0.1) is 11.3 Å². The monoisotopic (exact) mass is 291 g/mol. The van der Waals surface area contributed by atoms with Gasteiger partial charge < -0.3 is 5.73 Å². The van der Waals surface area contributed by atoms with Gasteiger partial charge in [0.25, 0.3) is 0 Å². The van der Waals surface area contributed by atoms with Gasteiger partial charge >= 0.3 is 0 Å². The van der Waals surface area contributed by atoms with E-state index in [2.05, 4.69) is 18.8 Å². The molecule has 0 atom stereocenters. The van der Waals surface area contributed by atoms with Crippen LogP contribution in [0.5, 0.6) is 0 Å². The predicted molar refractivity (Wildman–Crippen MR) is 82.1 cm³/mol. The highest BCUT2D eigenvalue weighted by molar-refractivity contribution is 7.17. The summed E-state index contributed by atoms with van der Waals surface area (Å²) in [4.78, 5) is 6.83. The number of hydrogen-bond donors (Lipinski definition) is 1. The first kappa shape index (κ1) is 12.5. The molecule has 3 nitrogen and oxygen atoms in total. The number of nitrogen functional groups attached to an aromatic ring is 1. The van der Waals surface area contributed by atoms with Crippen LogP contribution in [-0.2, 0) is 0 Å². The van der Waals surface area contributed by atoms with E-state index in [1.807, 2.05) is 29.5 Å². The van der Waals surface area contributed by atoms with Crippen molar-refractivity contribution in [2.45, 2.75) is 20.8 Å². The third-order valence-corrected chi connectivity index (χ3v) is 4.89. The number of hydrogen-bond acceptors (Lipinski definition) is 3. The fourth-order valence-electron chi connectivity index (χ4n) is 2.18. The fourth-order valence-corrected chi connectivity index (χ4v) is 3.27. The number of imidazole rings is 1. The lowest BCUT2D eigenvalue weighted by Crippen LogP contribution is -1.95. The van der Waals surface area contributed by atoms with E-state index in [1.54, 1.807) is 11.3 Å². The number of aromatic nitrogens is 2. The van der Waals surface area contributed by atoms with Crippen molar-refractivity contribution in [1.82, 2.24) is 9.38 Å². The van der Waals surface area contributed by atoms with Crippen LogP contribution < -0.4 is 5.73 Å². The molecule has 0 aliphatic heterocycles. The summed E-state index contributed by atoms with van der Waals surface area (Å²) in [5, 5.41) is 0.760. The van der Waals surface area contributed by atoms with Crippen molar-refractivity contribution >= 4 is 33.7 Å². The standard InChI is InChI=1S/C14H14ClN3S/c1-7-6-10(4-5-11(7)15)12-13(16)18-8(2)9(3)19-14(18)17-12/h4-6H,16H2,1-3H3. The molecular weight excluding hydrogens is 278 g/mol. The normalized spacial score (nSPS) is 11.4. The van der Waals surface area contributed by atoms with Crippen LogP contribution in [0, 0.1) is 20.8 Å². The Morgan fingerprint density at radius 3 is 2.63 bits per heavy atom. The molecule has 0 aliphatic carbocycles. The van der Waals surface area contributed by atoms with Gasteiger partial charge in [0.1, 0.15) is 11.5 Å². The van der Waals surface area contributed by atoms with E-state index in [9.17, 15) is 0 Å². The van der Waals surface area contributed by atoms with Crippen molar-refractivity contribution in [1.29, 1.82) is 0 Å². The number of fused-ring (bicyclic) bond motifs is 1. The van der Waals surface area contributed by atoms with Crippen molar-refractivity contribution < 1.29 is 0 Å². The molecule has 0 unspecified atom stereocenters. The van der Waals surface area contributed by atoms with Crippen LogP contribution >= 0.6 is 22.9 Å². The molecule has 0 bridgehead atoms. The summed E-state index contributed by atoms with van der Waals surface area (Å²) in [6, 6.07) is 5.87. The zero-order chi connectivity index (χ0) is 13.7. The molecule has 3 aromatic rings. The third kappa shape index (κ3) is 1.83. The summed E-state index contributed by atoms with van der Waals surface area (Å²) < 4.78 is 2.01. The van der Waals surface area contributed by atoms with Gasteiger partial charge in [0.15, 0.2) is 4.96 Å². The number of thiazole rings is 1. The Morgan fingerprint density at radius 2 is 2.00 bits per heavy atom. The van der Waals surface area contributed by atoms with Crippen molar-refractivity contribution in [3.8, 4) is 11.3 Å². The van der Waals surface area contributed by atoms with E-state index in [1.165, 1.54) is 4.88 Å². The van der Waals surface area contributed by atoms with E-state index in [4.69, 9.17) is 17.3 Å². The van der Waals surface area contributed by atoms with Gasteiger partial charge in [0, 0.05) is 21.2 Å². The lowest BCUT2D eigenvalue weighted by molar-refractivity contribution is 1.12. The molecule has 2 N–H and O–H groups in total. The summed E-state index contributed by atoms with van der Waals surface area (Å²) in [5.41, 5.74) is 10.3. The topological polar surface area (TPSA) is 43.3 Å². The summed E-state index contributed by atoms with van der Waals surface area (Å²) >= 11 is 7.72. The zero-order valence-corrected chi connectivity index (χ0v) is 12.6. The Balaban J connectivity index is 2.25. The van der Waals surface area contributed by atoms with E-state index in [0.717, 1.165) is 32.5 Å². The SMILES string of the molecule is Cc1cc(-c2nc3sc(C)c(C)n3c2N)ccc1Cl. The summed E-state index contributed by atoms with van der Waals surface area (Å²) in [5.74, 6) is 0.693.